The third-order valence-corrected chi connectivity index (χ3v) is 3.88. The first kappa shape index (κ1) is 11.9. The number of amides is 1. The molecule has 1 N–H and O–H groups in total. The van der Waals surface area contributed by atoms with Crippen LogP contribution in [-0.2, 0) is 0 Å². The number of aromatic nitrogens is 1. The number of alkyl halides is 1. The molecule has 1 aliphatic rings. The van der Waals surface area contributed by atoms with E-state index in [2.05, 4.69) is 26.2 Å². The standard InChI is InChI=1S/C11H12BrClN2O/c12-7-3-2-6-14-10(7)11(16)15-9-5-1-4-8(9)13/h2-3,6,8-9H,1,4-5H2,(H,15,16). The molecule has 3 nitrogen and oxygen atoms in total. The second-order valence-corrected chi connectivity index (χ2v) is 5.28. The van der Waals surface area contributed by atoms with Crippen LogP contribution in [0.1, 0.15) is 29.8 Å². The molecule has 1 heterocycles. The Balaban J connectivity index is 2.06. The molecule has 0 bridgehead atoms. The number of halogens is 2. The van der Waals surface area contributed by atoms with Gasteiger partial charge in [-0.15, -0.1) is 11.6 Å². The summed E-state index contributed by atoms with van der Waals surface area (Å²) in [5.74, 6) is -0.162. The smallest absolute Gasteiger partial charge is 0.271 e. The van der Waals surface area contributed by atoms with Crippen LogP contribution in [0.5, 0.6) is 0 Å². The molecule has 2 rings (SSSR count). The van der Waals surface area contributed by atoms with Gasteiger partial charge in [0, 0.05) is 16.7 Å². The minimum atomic E-state index is -0.162. The highest BCUT2D eigenvalue weighted by molar-refractivity contribution is 9.10. The topological polar surface area (TPSA) is 42.0 Å². The highest BCUT2D eigenvalue weighted by Gasteiger charge is 2.27. The van der Waals surface area contributed by atoms with Crippen LogP contribution >= 0.6 is 27.5 Å². The molecule has 1 aromatic rings. The van der Waals surface area contributed by atoms with Gasteiger partial charge in [-0.25, -0.2) is 4.98 Å². The Labute approximate surface area is 108 Å². The Morgan fingerprint density at radius 3 is 3.00 bits per heavy atom. The summed E-state index contributed by atoms with van der Waals surface area (Å²) < 4.78 is 0.705. The van der Waals surface area contributed by atoms with Crippen LogP contribution in [0.3, 0.4) is 0 Å². The zero-order chi connectivity index (χ0) is 11.5. The van der Waals surface area contributed by atoms with Crippen LogP contribution < -0.4 is 5.32 Å². The van der Waals surface area contributed by atoms with Gasteiger partial charge < -0.3 is 5.32 Å². The van der Waals surface area contributed by atoms with Gasteiger partial charge in [0.25, 0.3) is 5.91 Å². The minimum absolute atomic E-state index is 0.0476. The maximum absolute atomic E-state index is 11.9. The van der Waals surface area contributed by atoms with Gasteiger partial charge in [-0.1, -0.05) is 0 Å². The molecule has 16 heavy (non-hydrogen) atoms. The molecule has 0 saturated heterocycles. The first-order chi connectivity index (χ1) is 7.68. The van der Waals surface area contributed by atoms with Crippen LogP contribution in [-0.4, -0.2) is 22.3 Å². The van der Waals surface area contributed by atoms with E-state index in [1.807, 2.05) is 0 Å². The van der Waals surface area contributed by atoms with Gasteiger partial charge in [0.05, 0.1) is 5.38 Å². The lowest BCUT2D eigenvalue weighted by Crippen LogP contribution is -2.38. The molecule has 1 aliphatic carbocycles. The highest BCUT2D eigenvalue weighted by atomic mass is 79.9. The van der Waals surface area contributed by atoms with Crippen molar-refractivity contribution in [3.63, 3.8) is 0 Å². The van der Waals surface area contributed by atoms with Crippen LogP contribution in [0.15, 0.2) is 22.8 Å². The monoisotopic (exact) mass is 302 g/mol. The minimum Gasteiger partial charge on any atom is -0.346 e. The SMILES string of the molecule is O=C(NC1CCCC1Cl)c1ncccc1Br. The molecule has 1 fully saturated rings. The summed E-state index contributed by atoms with van der Waals surface area (Å²) in [5.41, 5.74) is 0.415. The molecule has 5 heteroatoms. The fourth-order valence-electron chi connectivity index (χ4n) is 1.87. The van der Waals surface area contributed by atoms with Crippen molar-refractivity contribution < 1.29 is 4.79 Å². The molecule has 86 valence electrons. The molecule has 0 aliphatic heterocycles. The van der Waals surface area contributed by atoms with E-state index in [4.69, 9.17) is 11.6 Å². The van der Waals surface area contributed by atoms with Crippen molar-refractivity contribution >= 4 is 33.4 Å². The number of nitrogens with zero attached hydrogens (tertiary/aromatic N) is 1. The van der Waals surface area contributed by atoms with Crippen molar-refractivity contribution in [2.24, 2.45) is 0 Å². The van der Waals surface area contributed by atoms with Crippen LogP contribution in [0.4, 0.5) is 0 Å². The lowest BCUT2D eigenvalue weighted by Gasteiger charge is -2.15. The highest BCUT2D eigenvalue weighted by Crippen LogP contribution is 2.24. The number of carbonyl (C=O) groups excluding carboxylic acids is 1. The number of hydrogen-bond donors (Lipinski definition) is 1. The summed E-state index contributed by atoms with van der Waals surface area (Å²) in [6.45, 7) is 0. The summed E-state index contributed by atoms with van der Waals surface area (Å²) in [4.78, 5) is 15.9. The van der Waals surface area contributed by atoms with Gasteiger partial charge in [0.2, 0.25) is 0 Å². The molecule has 0 spiro atoms. The van der Waals surface area contributed by atoms with Crippen molar-refractivity contribution in [1.82, 2.24) is 10.3 Å². The second-order valence-electron chi connectivity index (χ2n) is 3.86. The van der Waals surface area contributed by atoms with Crippen molar-refractivity contribution in [2.75, 3.05) is 0 Å². The number of pyridine rings is 1. The molecule has 1 amide bonds. The van der Waals surface area contributed by atoms with E-state index in [1.54, 1.807) is 18.3 Å². The Kier molecular flexibility index (Phi) is 3.82. The number of rotatable bonds is 2. The molecule has 0 radical (unpaired) electrons. The largest absolute Gasteiger partial charge is 0.346 e. The van der Waals surface area contributed by atoms with Crippen molar-refractivity contribution in [2.45, 2.75) is 30.7 Å². The molecule has 0 aromatic carbocycles. The van der Waals surface area contributed by atoms with E-state index in [0.717, 1.165) is 19.3 Å². The zero-order valence-electron chi connectivity index (χ0n) is 8.62. The third-order valence-electron chi connectivity index (χ3n) is 2.72. The maximum atomic E-state index is 11.9. The van der Waals surface area contributed by atoms with Crippen LogP contribution in [0.2, 0.25) is 0 Å². The first-order valence-electron chi connectivity index (χ1n) is 5.24. The van der Waals surface area contributed by atoms with E-state index in [1.165, 1.54) is 0 Å². The Bertz CT molecular complexity index is 399. The predicted octanol–water partition coefficient (Wildman–Crippen LogP) is 2.73. The Morgan fingerprint density at radius 1 is 1.56 bits per heavy atom. The third kappa shape index (κ3) is 2.55. The molecule has 1 aromatic heterocycles. The van der Waals surface area contributed by atoms with Crippen LogP contribution in [0, 0.1) is 0 Å². The maximum Gasteiger partial charge on any atom is 0.271 e. The predicted molar refractivity (Wildman–Crippen MR) is 66.7 cm³/mol. The quantitative estimate of drug-likeness (QED) is 0.854. The van der Waals surface area contributed by atoms with Gasteiger partial charge in [0.15, 0.2) is 0 Å². The molecule has 2 unspecified atom stereocenters. The summed E-state index contributed by atoms with van der Waals surface area (Å²) in [6.07, 6.45) is 4.59. The number of hydrogen-bond acceptors (Lipinski definition) is 2. The van der Waals surface area contributed by atoms with E-state index in [9.17, 15) is 4.79 Å². The van der Waals surface area contributed by atoms with Gasteiger partial charge in [-0.05, 0) is 47.3 Å². The van der Waals surface area contributed by atoms with Crippen molar-refractivity contribution in [3.05, 3.63) is 28.5 Å². The molecule has 2 atom stereocenters. The number of carbonyl (C=O) groups is 1. The first-order valence-corrected chi connectivity index (χ1v) is 6.47. The summed E-state index contributed by atoms with van der Waals surface area (Å²) in [7, 11) is 0. The average Bonchev–Trinajstić information content (AvgIpc) is 2.65. The normalized spacial score (nSPS) is 24.4. The number of nitrogens with one attached hydrogen (secondary N) is 1. The Hall–Kier alpha value is -0.610. The van der Waals surface area contributed by atoms with Crippen LogP contribution in [0.25, 0.3) is 0 Å². The van der Waals surface area contributed by atoms with E-state index in [-0.39, 0.29) is 17.3 Å². The van der Waals surface area contributed by atoms with Crippen molar-refractivity contribution in [1.29, 1.82) is 0 Å². The lowest BCUT2D eigenvalue weighted by atomic mass is 10.2. The Morgan fingerprint density at radius 2 is 2.38 bits per heavy atom. The lowest BCUT2D eigenvalue weighted by molar-refractivity contribution is 0.0932. The van der Waals surface area contributed by atoms with Gasteiger partial charge in [0.1, 0.15) is 5.69 Å². The molecule has 1 saturated carbocycles. The van der Waals surface area contributed by atoms with Crippen molar-refractivity contribution in [3.8, 4) is 0 Å². The van der Waals surface area contributed by atoms with Gasteiger partial charge >= 0.3 is 0 Å². The summed E-state index contributed by atoms with van der Waals surface area (Å²) >= 11 is 9.41. The van der Waals surface area contributed by atoms with Gasteiger partial charge in [-0.3, -0.25) is 4.79 Å². The summed E-state index contributed by atoms with van der Waals surface area (Å²) in [5, 5.41) is 2.97. The molecular weight excluding hydrogens is 291 g/mol. The average molecular weight is 304 g/mol. The van der Waals surface area contributed by atoms with Gasteiger partial charge in [-0.2, -0.15) is 0 Å². The second kappa shape index (κ2) is 5.15. The molecular formula is C11H12BrClN2O. The fourth-order valence-corrected chi connectivity index (χ4v) is 2.65. The van der Waals surface area contributed by atoms with E-state index >= 15 is 0 Å². The van der Waals surface area contributed by atoms with E-state index < -0.39 is 0 Å². The van der Waals surface area contributed by atoms with E-state index in [0.29, 0.717) is 10.2 Å². The fraction of sp³-hybridized carbons (Fsp3) is 0.455. The zero-order valence-corrected chi connectivity index (χ0v) is 11.0. The summed E-state index contributed by atoms with van der Waals surface area (Å²) in [6, 6.07) is 3.65.